The predicted octanol–water partition coefficient (Wildman–Crippen LogP) is 6.42. The number of benzene rings is 1. The molecule has 2 rings (SSSR count). The number of ether oxygens (including phenoxy) is 2. The van der Waals surface area contributed by atoms with Crippen molar-refractivity contribution in [1.82, 2.24) is 10.2 Å². The van der Waals surface area contributed by atoms with Gasteiger partial charge in [-0.1, -0.05) is 51.6 Å². The first kappa shape index (κ1) is 34.1. The van der Waals surface area contributed by atoms with Gasteiger partial charge in [-0.15, -0.1) is 0 Å². The van der Waals surface area contributed by atoms with E-state index in [1.165, 1.54) is 13.5 Å². The summed E-state index contributed by atoms with van der Waals surface area (Å²) in [5.41, 5.74) is 0.646. The van der Waals surface area contributed by atoms with Crippen LogP contribution in [0.4, 0.5) is 9.59 Å². The maximum Gasteiger partial charge on any atom is 0.410 e. The predicted molar refractivity (Wildman–Crippen MR) is 138 cm³/mol. The molecule has 0 bridgehead atoms. The number of carbonyl (C=O) groups excluding carboxylic acids is 2. The molecule has 2 amide bonds. The summed E-state index contributed by atoms with van der Waals surface area (Å²) < 4.78 is 10.1. The average Bonchev–Trinajstić information content (AvgIpc) is 2.74. The second-order valence-electron chi connectivity index (χ2n) is 6.98. The van der Waals surface area contributed by atoms with Gasteiger partial charge < -0.3 is 19.7 Å². The van der Waals surface area contributed by atoms with Crippen LogP contribution in [0, 0.1) is 0 Å². The van der Waals surface area contributed by atoms with Crippen molar-refractivity contribution in [3.63, 3.8) is 0 Å². The van der Waals surface area contributed by atoms with Crippen LogP contribution in [-0.2, 0) is 16.1 Å². The van der Waals surface area contributed by atoms with Gasteiger partial charge in [0.1, 0.15) is 12.2 Å². The Morgan fingerprint density at radius 2 is 1.52 bits per heavy atom. The fourth-order valence-electron chi connectivity index (χ4n) is 2.22. The van der Waals surface area contributed by atoms with Crippen LogP contribution >= 0.6 is 25.3 Å². The molecular weight excluding hydrogens is 432 g/mol. The molecule has 1 fully saturated rings. The number of likely N-dealkylation sites (tertiary alicyclic amines) is 1. The van der Waals surface area contributed by atoms with Crippen molar-refractivity contribution in [1.29, 1.82) is 0 Å². The molecule has 0 spiro atoms. The summed E-state index contributed by atoms with van der Waals surface area (Å²) in [5.74, 6) is 0. The van der Waals surface area contributed by atoms with Gasteiger partial charge in [-0.25, -0.2) is 9.59 Å². The molecule has 1 aromatic rings. The quantitative estimate of drug-likeness (QED) is 0.340. The van der Waals surface area contributed by atoms with Crippen molar-refractivity contribution < 1.29 is 19.1 Å². The van der Waals surface area contributed by atoms with Crippen LogP contribution in [0.25, 0.3) is 0 Å². The van der Waals surface area contributed by atoms with Crippen LogP contribution in [0.15, 0.2) is 30.3 Å². The zero-order chi connectivity index (χ0) is 23.4. The Kier molecular flexibility index (Phi) is 23.8. The summed E-state index contributed by atoms with van der Waals surface area (Å²) in [5, 5.41) is 3.00. The Balaban J connectivity index is -0.000000449. The molecule has 0 radical (unpaired) electrons. The lowest BCUT2D eigenvalue weighted by Gasteiger charge is -2.25. The minimum Gasteiger partial charge on any atom is -0.445 e. The van der Waals surface area contributed by atoms with E-state index in [0.717, 1.165) is 31.5 Å². The van der Waals surface area contributed by atoms with Gasteiger partial charge in [0.05, 0.1) is 0 Å². The van der Waals surface area contributed by atoms with E-state index in [4.69, 9.17) is 9.47 Å². The Labute approximate surface area is 201 Å². The van der Waals surface area contributed by atoms with E-state index in [-0.39, 0.29) is 25.2 Å². The smallest absolute Gasteiger partial charge is 0.410 e. The maximum atomic E-state index is 11.7. The van der Waals surface area contributed by atoms with Gasteiger partial charge in [-0.05, 0) is 45.6 Å². The number of hydrogen-bond donors (Lipinski definition) is 3. The molecule has 0 unspecified atom stereocenters. The highest BCUT2D eigenvalue weighted by molar-refractivity contribution is 7.98. The van der Waals surface area contributed by atoms with Crippen LogP contribution in [0.3, 0.4) is 0 Å². The number of nitrogens with zero attached hydrogens (tertiary/aromatic N) is 1. The van der Waals surface area contributed by atoms with Gasteiger partial charge >= 0.3 is 12.2 Å². The number of rotatable bonds is 2. The van der Waals surface area contributed by atoms with Crippen LogP contribution in [0.1, 0.15) is 66.9 Å². The maximum absolute atomic E-state index is 11.7. The lowest BCUT2D eigenvalue weighted by Crippen LogP contribution is -2.35. The normalized spacial score (nSPS) is 12.1. The van der Waals surface area contributed by atoms with E-state index in [0.29, 0.717) is 11.7 Å². The second kappa shape index (κ2) is 21.7. The number of alkyl carbamates (subject to hydrolysis) is 1. The van der Waals surface area contributed by atoms with E-state index in [1.807, 2.05) is 65.0 Å². The highest BCUT2D eigenvalue weighted by atomic mass is 32.2. The molecule has 0 atom stereocenters. The molecule has 1 saturated heterocycles. The molecule has 0 saturated carbocycles. The molecule has 6 nitrogen and oxygen atoms in total. The Morgan fingerprint density at radius 1 is 1.03 bits per heavy atom. The number of hydrogen-bond acceptors (Lipinski definition) is 6. The standard InChI is InChI=1S/C13H17NO2.C6H13NO2.C2H6.CH4S2.CH4/c15-13(14-9-5-2-6-10-14)16-11-12-7-3-1-4-8-12;1-6(2,3)9-5(8)7-4;1-2;2-1-3;/h1,3-4,7-8H,2,5-6,9-11H2;1-4H3,(H,7,8);1-2H3;2-3H,1H2;1H4. The fraction of sp³-hybridized carbons (Fsp3) is 0.652. The van der Waals surface area contributed by atoms with Gasteiger partial charge in [-0.3, -0.25) is 0 Å². The van der Waals surface area contributed by atoms with E-state index in [2.05, 4.69) is 30.6 Å². The third-order valence-electron chi connectivity index (χ3n) is 3.42. The van der Waals surface area contributed by atoms with Crippen molar-refractivity contribution in [2.45, 2.75) is 73.5 Å². The highest BCUT2D eigenvalue weighted by Crippen LogP contribution is 2.11. The van der Waals surface area contributed by atoms with Gasteiger partial charge in [0.25, 0.3) is 0 Å². The van der Waals surface area contributed by atoms with Gasteiger partial charge in [0.15, 0.2) is 0 Å². The topological polar surface area (TPSA) is 67.9 Å². The number of carbonyl (C=O) groups is 2. The Bertz CT molecular complexity index is 546. The molecule has 1 aliphatic heterocycles. The molecule has 0 aliphatic carbocycles. The van der Waals surface area contributed by atoms with Crippen molar-refractivity contribution in [3.05, 3.63) is 35.9 Å². The summed E-state index contributed by atoms with van der Waals surface area (Å²) in [6, 6.07) is 9.77. The molecule has 0 aromatic heterocycles. The van der Waals surface area contributed by atoms with Gasteiger partial charge in [0, 0.05) is 25.2 Å². The van der Waals surface area contributed by atoms with Gasteiger partial charge in [0.2, 0.25) is 0 Å². The fourth-order valence-corrected chi connectivity index (χ4v) is 2.22. The Morgan fingerprint density at radius 3 is 1.90 bits per heavy atom. The van der Waals surface area contributed by atoms with Crippen molar-refractivity contribution >= 4 is 37.4 Å². The van der Waals surface area contributed by atoms with E-state index in [9.17, 15) is 9.59 Å². The van der Waals surface area contributed by atoms with Crippen LogP contribution < -0.4 is 5.32 Å². The van der Waals surface area contributed by atoms with Crippen LogP contribution in [0.5, 0.6) is 0 Å². The van der Waals surface area contributed by atoms with Crippen molar-refractivity contribution in [2.75, 3.05) is 25.2 Å². The first-order chi connectivity index (χ1) is 14.2. The molecule has 1 aliphatic rings. The molecular formula is C23H44N2O4S2. The number of nitrogens with one attached hydrogen (secondary N) is 1. The number of amides is 2. The lowest BCUT2D eigenvalue weighted by atomic mass is 10.1. The van der Waals surface area contributed by atoms with E-state index < -0.39 is 0 Å². The van der Waals surface area contributed by atoms with Crippen molar-refractivity contribution in [2.24, 2.45) is 0 Å². The van der Waals surface area contributed by atoms with Crippen LogP contribution in [0.2, 0.25) is 0 Å². The SMILES string of the molecule is C.CC.CNC(=O)OC(C)(C)C.O=C(OCc1ccccc1)N1CCCCC1.SCS. The molecule has 1 heterocycles. The van der Waals surface area contributed by atoms with Crippen molar-refractivity contribution in [3.8, 4) is 0 Å². The monoisotopic (exact) mass is 476 g/mol. The summed E-state index contributed by atoms with van der Waals surface area (Å²) >= 11 is 7.31. The van der Waals surface area contributed by atoms with E-state index >= 15 is 0 Å². The Hall–Kier alpha value is -1.54. The summed E-state index contributed by atoms with van der Waals surface area (Å²) in [6.07, 6.45) is 2.86. The summed E-state index contributed by atoms with van der Waals surface area (Å²) in [6.45, 7) is 11.5. The molecule has 31 heavy (non-hydrogen) atoms. The van der Waals surface area contributed by atoms with Gasteiger partial charge in [-0.2, -0.15) is 25.3 Å². The minimum atomic E-state index is -0.389. The van der Waals surface area contributed by atoms with Crippen LogP contribution in [-0.4, -0.2) is 47.9 Å². The first-order valence-corrected chi connectivity index (χ1v) is 11.6. The van der Waals surface area contributed by atoms with E-state index in [1.54, 1.807) is 4.90 Å². The molecule has 182 valence electrons. The second-order valence-corrected chi connectivity index (χ2v) is 8.11. The number of thiol groups is 2. The highest BCUT2D eigenvalue weighted by Gasteiger charge is 2.17. The molecule has 8 heteroatoms. The zero-order valence-electron chi connectivity index (χ0n) is 19.3. The summed E-state index contributed by atoms with van der Waals surface area (Å²) in [4.78, 5) is 24.0. The largest absolute Gasteiger partial charge is 0.445 e. The number of piperidine rings is 1. The minimum absolute atomic E-state index is 0. The molecule has 1 aromatic carbocycles. The zero-order valence-corrected chi connectivity index (χ0v) is 21.1. The lowest BCUT2D eigenvalue weighted by molar-refractivity contribution is 0.0541. The average molecular weight is 477 g/mol. The first-order valence-electron chi connectivity index (χ1n) is 10.3. The third kappa shape index (κ3) is 21.5. The summed E-state index contributed by atoms with van der Waals surface area (Å²) in [7, 11) is 1.54. The molecule has 1 N–H and O–H groups in total. The third-order valence-corrected chi connectivity index (χ3v) is 3.42.